The average Bonchev–Trinajstić information content (AvgIpc) is 2.70. The molecule has 0 saturated carbocycles. The van der Waals surface area contributed by atoms with Crippen LogP contribution in [0.5, 0.6) is 0 Å². The SMILES string of the molecule is CC(C)(C)c1cc(N)n(C(=O)c2ccc(F)cc2F)n1. The van der Waals surface area contributed by atoms with Gasteiger partial charge in [-0.3, -0.25) is 4.79 Å². The van der Waals surface area contributed by atoms with E-state index in [0.717, 1.165) is 16.8 Å². The maximum atomic E-state index is 13.6. The van der Waals surface area contributed by atoms with Gasteiger partial charge in [-0.15, -0.1) is 0 Å². The van der Waals surface area contributed by atoms with Gasteiger partial charge in [-0.05, 0) is 12.1 Å². The van der Waals surface area contributed by atoms with E-state index in [-0.39, 0.29) is 16.8 Å². The number of nitrogens with zero attached hydrogens (tertiary/aromatic N) is 2. The number of carbonyl (C=O) groups is 1. The number of hydrogen-bond donors (Lipinski definition) is 1. The van der Waals surface area contributed by atoms with E-state index < -0.39 is 17.5 Å². The van der Waals surface area contributed by atoms with Crippen LogP contribution in [0.25, 0.3) is 0 Å². The van der Waals surface area contributed by atoms with Crippen molar-refractivity contribution in [2.45, 2.75) is 26.2 Å². The summed E-state index contributed by atoms with van der Waals surface area (Å²) in [4.78, 5) is 12.2. The topological polar surface area (TPSA) is 60.9 Å². The fraction of sp³-hybridized carbons (Fsp3) is 0.286. The Morgan fingerprint density at radius 2 is 1.90 bits per heavy atom. The first-order valence-electron chi connectivity index (χ1n) is 6.06. The van der Waals surface area contributed by atoms with Crippen molar-refractivity contribution < 1.29 is 13.6 Å². The van der Waals surface area contributed by atoms with Crippen LogP contribution in [0.3, 0.4) is 0 Å². The van der Waals surface area contributed by atoms with Crippen molar-refractivity contribution in [1.82, 2.24) is 9.78 Å². The van der Waals surface area contributed by atoms with Crippen LogP contribution in [0.4, 0.5) is 14.6 Å². The molecule has 106 valence electrons. The molecule has 2 aromatic rings. The third-order valence-corrected chi connectivity index (χ3v) is 2.86. The molecule has 2 rings (SSSR count). The molecule has 2 N–H and O–H groups in total. The van der Waals surface area contributed by atoms with E-state index in [1.807, 2.05) is 20.8 Å². The summed E-state index contributed by atoms with van der Waals surface area (Å²) in [5, 5.41) is 4.10. The Bertz CT molecular complexity index is 672. The van der Waals surface area contributed by atoms with Crippen LogP contribution in [-0.2, 0) is 5.41 Å². The van der Waals surface area contributed by atoms with E-state index in [9.17, 15) is 13.6 Å². The molecular weight excluding hydrogens is 264 g/mol. The van der Waals surface area contributed by atoms with Gasteiger partial charge in [-0.1, -0.05) is 20.8 Å². The molecule has 6 heteroatoms. The lowest BCUT2D eigenvalue weighted by Crippen LogP contribution is -2.19. The van der Waals surface area contributed by atoms with Crippen LogP contribution >= 0.6 is 0 Å². The second kappa shape index (κ2) is 4.70. The number of anilines is 1. The lowest BCUT2D eigenvalue weighted by molar-refractivity contribution is 0.0943. The summed E-state index contributed by atoms with van der Waals surface area (Å²) in [5.74, 6) is -2.30. The van der Waals surface area contributed by atoms with Gasteiger partial charge in [-0.25, -0.2) is 8.78 Å². The molecule has 1 aromatic heterocycles. The highest BCUT2D eigenvalue weighted by Crippen LogP contribution is 2.23. The molecule has 0 aliphatic carbocycles. The minimum absolute atomic E-state index is 0.114. The number of carbonyl (C=O) groups excluding carboxylic acids is 1. The van der Waals surface area contributed by atoms with Gasteiger partial charge in [-0.2, -0.15) is 9.78 Å². The number of nitrogens with two attached hydrogens (primary N) is 1. The highest BCUT2D eigenvalue weighted by atomic mass is 19.1. The number of rotatable bonds is 1. The van der Waals surface area contributed by atoms with Gasteiger partial charge in [0.25, 0.3) is 5.91 Å². The Morgan fingerprint density at radius 3 is 2.40 bits per heavy atom. The van der Waals surface area contributed by atoms with Crippen molar-refractivity contribution >= 4 is 11.7 Å². The number of benzene rings is 1. The Kier molecular flexibility index (Phi) is 3.33. The molecule has 0 unspecified atom stereocenters. The largest absolute Gasteiger partial charge is 0.383 e. The van der Waals surface area contributed by atoms with Gasteiger partial charge >= 0.3 is 0 Å². The molecule has 1 heterocycles. The van der Waals surface area contributed by atoms with Gasteiger partial charge in [0.05, 0.1) is 11.3 Å². The van der Waals surface area contributed by atoms with Crippen molar-refractivity contribution in [2.75, 3.05) is 5.73 Å². The van der Waals surface area contributed by atoms with E-state index in [2.05, 4.69) is 5.10 Å². The van der Waals surface area contributed by atoms with Crippen molar-refractivity contribution in [1.29, 1.82) is 0 Å². The number of halogens is 2. The van der Waals surface area contributed by atoms with Crippen molar-refractivity contribution in [3.8, 4) is 0 Å². The van der Waals surface area contributed by atoms with E-state index >= 15 is 0 Å². The second-order valence-electron chi connectivity index (χ2n) is 5.55. The van der Waals surface area contributed by atoms with Crippen LogP contribution in [0.15, 0.2) is 24.3 Å². The lowest BCUT2D eigenvalue weighted by Gasteiger charge is -2.13. The van der Waals surface area contributed by atoms with E-state index in [4.69, 9.17) is 5.73 Å². The fourth-order valence-corrected chi connectivity index (χ4v) is 1.70. The van der Waals surface area contributed by atoms with Crippen molar-refractivity contribution in [3.63, 3.8) is 0 Å². The van der Waals surface area contributed by atoms with Gasteiger partial charge < -0.3 is 5.73 Å². The summed E-state index contributed by atoms with van der Waals surface area (Å²) < 4.78 is 27.4. The maximum absolute atomic E-state index is 13.6. The predicted octanol–water partition coefficient (Wildman–Crippen LogP) is 2.73. The molecule has 4 nitrogen and oxygen atoms in total. The third-order valence-electron chi connectivity index (χ3n) is 2.86. The molecule has 0 saturated heterocycles. The number of hydrogen-bond acceptors (Lipinski definition) is 3. The van der Waals surface area contributed by atoms with Crippen LogP contribution in [0, 0.1) is 11.6 Å². The standard InChI is InChI=1S/C14H15F2N3O/c1-14(2,3)11-7-12(17)19(18-11)13(20)9-5-4-8(15)6-10(9)16/h4-7H,17H2,1-3H3. The highest BCUT2D eigenvalue weighted by Gasteiger charge is 2.23. The van der Waals surface area contributed by atoms with E-state index in [1.165, 1.54) is 0 Å². The quantitative estimate of drug-likeness (QED) is 0.873. The Labute approximate surface area is 115 Å². The summed E-state index contributed by atoms with van der Waals surface area (Å²) >= 11 is 0. The van der Waals surface area contributed by atoms with Crippen molar-refractivity contribution in [2.24, 2.45) is 0 Å². The molecule has 20 heavy (non-hydrogen) atoms. The number of aromatic nitrogens is 2. The zero-order valence-corrected chi connectivity index (χ0v) is 11.4. The fourth-order valence-electron chi connectivity index (χ4n) is 1.70. The third kappa shape index (κ3) is 2.54. The molecule has 0 radical (unpaired) electrons. The molecule has 0 bridgehead atoms. The first-order valence-corrected chi connectivity index (χ1v) is 6.06. The highest BCUT2D eigenvalue weighted by molar-refractivity contribution is 5.97. The van der Waals surface area contributed by atoms with Crippen LogP contribution in [-0.4, -0.2) is 15.7 Å². The second-order valence-corrected chi connectivity index (χ2v) is 5.55. The van der Waals surface area contributed by atoms with Gasteiger partial charge in [0.2, 0.25) is 0 Å². The predicted molar refractivity (Wildman–Crippen MR) is 71.4 cm³/mol. The van der Waals surface area contributed by atoms with Crippen LogP contribution in [0.1, 0.15) is 36.8 Å². The molecular formula is C14H15F2N3O. The normalized spacial score (nSPS) is 11.7. The Balaban J connectivity index is 2.46. The molecule has 0 aliphatic heterocycles. The van der Waals surface area contributed by atoms with E-state index in [1.54, 1.807) is 6.07 Å². The average molecular weight is 279 g/mol. The zero-order valence-electron chi connectivity index (χ0n) is 11.4. The van der Waals surface area contributed by atoms with Crippen LogP contribution < -0.4 is 5.73 Å². The smallest absolute Gasteiger partial charge is 0.283 e. The minimum Gasteiger partial charge on any atom is -0.383 e. The molecule has 0 aliphatic rings. The molecule has 0 spiro atoms. The monoisotopic (exact) mass is 279 g/mol. The first-order chi connectivity index (χ1) is 9.20. The molecule has 1 aromatic carbocycles. The zero-order chi connectivity index (χ0) is 15.1. The minimum atomic E-state index is -0.942. The summed E-state index contributed by atoms with van der Waals surface area (Å²) in [7, 11) is 0. The molecule has 0 atom stereocenters. The summed E-state index contributed by atoms with van der Waals surface area (Å²) in [6.07, 6.45) is 0. The molecule has 0 amide bonds. The first kappa shape index (κ1) is 14.2. The Morgan fingerprint density at radius 1 is 1.25 bits per heavy atom. The Hall–Kier alpha value is -2.24. The van der Waals surface area contributed by atoms with E-state index in [0.29, 0.717) is 11.8 Å². The number of nitrogen functional groups attached to an aromatic ring is 1. The summed E-state index contributed by atoms with van der Waals surface area (Å²) in [6, 6.07) is 4.31. The summed E-state index contributed by atoms with van der Waals surface area (Å²) in [6.45, 7) is 5.76. The van der Waals surface area contributed by atoms with Gasteiger partial charge in [0.15, 0.2) is 0 Å². The maximum Gasteiger partial charge on any atom is 0.283 e. The van der Waals surface area contributed by atoms with Gasteiger partial charge in [0, 0.05) is 17.5 Å². The summed E-state index contributed by atoms with van der Waals surface area (Å²) in [5.41, 5.74) is 5.79. The lowest BCUT2D eigenvalue weighted by atomic mass is 9.92. The molecule has 0 fully saturated rings. The van der Waals surface area contributed by atoms with Crippen molar-refractivity contribution in [3.05, 3.63) is 47.2 Å². The van der Waals surface area contributed by atoms with Crippen LogP contribution in [0.2, 0.25) is 0 Å². The van der Waals surface area contributed by atoms with Gasteiger partial charge in [0.1, 0.15) is 17.5 Å².